The van der Waals surface area contributed by atoms with Crippen molar-refractivity contribution in [3.63, 3.8) is 0 Å². The van der Waals surface area contributed by atoms with Crippen LogP contribution in [0.1, 0.15) is 147 Å². The standard InChI is InChI=1S/C28H37IN2O5.C21H26ClIN2O5/c1-27(2,3)17-21-16-22(30-35-21)26-24(29)25(31-36-26)20(15-23(32)34-28(4,5)6)13-10-14-33-18-19-11-8-7-9-12-19;1-21(2,3)29-16(26)12-15(18-17(23)19(30-25-18)20(22)24-27)10-7-11-28-13-14-8-5-4-6-9-14/h7-9,11-12,16,20H,10,13-15,17-18H2,1-6H3;4-6,8-9,15,27H,7,10-13H2,1-3H3/b;24-20-/t20-;15-/m00/s1. The minimum Gasteiger partial charge on any atom is -0.460 e. The molecule has 0 unspecified atom stereocenters. The third-order valence-corrected chi connectivity index (χ3v) is 11.8. The number of oxime groups is 1. The lowest BCUT2D eigenvalue weighted by atomic mass is 9.91. The number of hydrogen-bond acceptors (Lipinski definition) is 14. The number of rotatable bonds is 21. The Bertz CT molecular complexity index is 2280. The first-order valence-corrected chi connectivity index (χ1v) is 24.5. The maximum absolute atomic E-state index is 12.7. The first-order chi connectivity index (χ1) is 31.1. The van der Waals surface area contributed by atoms with Crippen molar-refractivity contribution in [2.45, 2.75) is 144 Å². The van der Waals surface area contributed by atoms with E-state index in [1.165, 1.54) is 0 Å². The highest BCUT2D eigenvalue weighted by Crippen LogP contribution is 2.36. The summed E-state index contributed by atoms with van der Waals surface area (Å²) in [6.45, 7) is 19.8. The summed E-state index contributed by atoms with van der Waals surface area (Å²) < 4.78 is 40.6. The lowest BCUT2D eigenvalue weighted by Crippen LogP contribution is -2.25. The molecule has 0 aliphatic carbocycles. The smallest absolute Gasteiger partial charge is 0.306 e. The Morgan fingerprint density at radius 2 is 1.17 bits per heavy atom. The molecule has 0 amide bonds. The van der Waals surface area contributed by atoms with Crippen molar-refractivity contribution in [2.24, 2.45) is 10.6 Å². The molecule has 3 heterocycles. The largest absolute Gasteiger partial charge is 0.460 e. The lowest BCUT2D eigenvalue weighted by molar-refractivity contribution is -0.156. The molecule has 1 N–H and O–H groups in total. The molecule has 0 saturated heterocycles. The van der Waals surface area contributed by atoms with Gasteiger partial charge in [-0.3, -0.25) is 9.59 Å². The third-order valence-electron chi connectivity index (χ3n) is 9.44. The van der Waals surface area contributed by atoms with Crippen LogP contribution in [0.15, 0.2) is 85.5 Å². The van der Waals surface area contributed by atoms with Crippen LogP contribution in [0, 0.1) is 12.6 Å². The van der Waals surface area contributed by atoms with Gasteiger partial charge < -0.3 is 37.7 Å². The summed E-state index contributed by atoms with van der Waals surface area (Å²) >= 11 is 10.1. The van der Waals surface area contributed by atoms with Crippen molar-refractivity contribution in [1.29, 1.82) is 0 Å². The van der Waals surface area contributed by atoms with E-state index in [-0.39, 0.29) is 53.0 Å². The van der Waals surface area contributed by atoms with E-state index in [0.717, 1.165) is 45.4 Å². The van der Waals surface area contributed by atoms with Gasteiger partial charge in [-0.2, -0.15) is 0 Å². The van der Waals surface area contributed by atoms with E-state index in [1.54, 1.807) is 0 Å². The molecule has 66 heavy (non-hydrogen) atoms. The van der Waals surface area contributed by atoms with Crippen molar-refractivity contribution >= 4 is 73.9 Å². The normalized spacial score (nSPS) is 13.2. The summed E-state index contributed by atoms with van der Waals surface area (Å²) in [6.07, 6.45) is 3.98. The molecule has 0 bridgehead atoms. The number of ether oxygens (including phenoxy) is 4. The van der Waals surface area contributed by atoms with Crippen LogP contribution in [0.25, 0.3) is 11.5 Å². The Balaban J connectivity index is 0.000000294. The molecule has 2 atom stereocenters. The predicted octanol–water partition coefficient (Wildman–Crippen LogP) is 12.8. The lowest BCUT2D eigenvalue weighted by Gasteiger charge is -2.21. The zero-order valence-electron chi connectivity index (χ0n) is 39.3. The maximum atomic E-state index is 12.7. The van der Waals surface area contributed by atoms with Crippen LogP contribution in [-0.2, 0) is 48.2 Å². The first-order valence-electron chi connectivity index (χ1n) is 21.9. The van der Waals surface area contributed by atoms with Gasteiger partial charge in [-0.05, 0) is 129 Å². The summed E-state index contributed by atoms with van der Waals surface area (Å²) in [5, 5.41) is 24.3. The summed E-state index contributed by atoms with van der Waals surface area (Å²) in [5.74, 6) is 0.547. The number of carbonyl (C=O) groups is 2. The average molecular weight is 1160 g/mol. The topological polar surface area (TPSA) is 182 Å². The average Bonchev–Trinajstić information content (AvgIpc) is 3.96. The second-order valence-corrected chi connectivity index (χ2v) is 21.6. The van der Waals surface area contributed by atoms with Gasteiger partial charge in [0.1, 0.15) is 28.4 Å². The third kappa shape index (κ3) is 19.4. The highest BCUT2D eigenvalue weighted by molar-refractivity contribution is 14.1. The van der Waals surface area contributed by atoms with Crippen LogP contribution in [0.2, 0.25) is 0 Å². The second-order valence-electron chi connectivity index (χ2n) is 19.1. The summed E-state index contributed by atoms with van der Waals surface area (Å²) in [6, 6.07) is 21.9. The van der Waals surface area contributed by atoms with Crippen molar-refractivity contribution in [2.75, 3.05) is 13.2 Å². The van der Waals surface area contributed by atoms with Crippen molar-refractivity contribution in [3.05, 3.63) is 108 Å². The molecule has 0 fully saturated rings. The van der Waals surface area contributed by atoms with E-state index in [1.807, 2.05) is 131 Å². The first kappa shape index (κ1) is 54.8. The quantitative estimate of drug-likeness (QED) is 0.0183. The van der Waals surface area contributed by atoms with E-state index < -0.39 is 11.2 Å². The van der Waals surface area contributed by atoms with Gasteiger partial charge in [0.2, 0.25) is 16.7 Å². The van der Waals surface area contributed by atoms with Crippen LogP contribution in [-0.4, -0.2) is 62.2 Å². The molecular formula is C49H63ClI2N4O10. The van der Waals surface area contributed by atoms with Gasteiger partial charge in [-0.25, -0.2) is 0 Å². The number of aromatic nitrogens is 3. The summed E-state index contributed by atoms with van der Waals surface area (Å²) in [5.41, 5.74) is 3.13. The van der Waals surface area contributed by atoms with Gasteiger partial charge in [0.05, 0.1) is 33.2 Å². The summed E-state index contributed by atoms with van der Waals surface area (Å²) in [7, 11) is 0. The number of halogens is 3. The molecule has 0 aliphatic heterocycles. The van der Waals surface area contributed by atoms with Gasteiger partial charge >= 0.3 is 11.9 Å². The molecule has 0 spiro atoms. The van der Waals surface area contributed by atoms with E-state index in [4.69, 9.17) is 49.3 Å². The van der Waals surface area contributed by atoms with Crippen LogP contribution in [0.5, 0.6) is 0 Å². The Morgan fingerprint density at radius 3 is 1.62 bits per heavy atom. The van der Waals surface area contributed by atoms with E-state index >= 15 is 0 Å². The van der Waals surface area contributed by atoms with Gasteiger partial charge in [-0.1, -0.05) is 114 Å². The van der Waals surface area contributed by atoms with Crippen molar-refractivity contribution < 1.29 is 47.3 Å². The molecule has 0 aliphatic rings. The van der Waals surface area contributed by atoms with E-state index in [9.17, 15) is 9.59 Å². The second kappa shape index (κ2) is 26.1. The predicted molar refractivity (Wildman–Crippen MR) is 268 cm³/mol. The molecular weight excluding hydrogens is 1090 g/mol. The molecule has 5 rings (SSSR count). The Kier molecular flexibility index (Phi) is 21.6. The van der Waals surface area contributed by atoms with Gasteiger partial charge in [0.15, 0.2) is 5.69 Å². The zero-order valence-corrected chi connectivity index (χ0v) is 44.4. The van der Waals surface area contributed by atoms with E-state index in [2.05, 4.69) is 64.0 Å². The van der Waals surface area contributed by atoms with Crippen molar-refractivity contribution in [3.8, 4) is 11.5 Å². The van der Waals surface area contributed by atoms with Crippen LogP contribution in [0.4, 0.5) is 0 Å². The highest BCUT2D eigenvalue weighted by Gasteiger charge is 2.30. The number of nitrogens with zero attached hydrogens (tertiary/aromatic N) is 4. The summed E-state index contributed by atoms with van der Waals surface area (Å²) in [4.78, 5) is 25.1. The van der Waals surface area contributed by atoms with Crippen LogP contribution in [0.3, 0.4) is 0 Å². The Labute approximate surface area is 420 Å². The minimum absolute atomic E-state index is 0.0810. The van der Waals surface area contributed by atoms with Crippen molar-refractivity contribution in [1.82, 2.24) is 15.5 Å². The molecule has 360 valence electrons. The SMILES string of the molecule is CC(C)(C)Cc1cc(-c2onc([C@@H](CCCOCc3ccccc3)CC(=O)OC(C)(C)C)c2I)no1.CC(C)(C)OC(=O)C[C@H](CCCOCc1ccccc1)c1noc(/C(Cl)=N/O)c1I. The van der Waals surface area contributed by atoms with E-state index in [0.29, 0.717) is 60.0 Å². The molecule has 2 aromatic carbocycles. The number of hydrogen-bond donors (Lipinski definition) is 1. The number of esters is 2. The van der Waals surface area contributed by atoms with Gasteiger partial charge in [0, 0.05) is 37.5 Å². The van der Waals surface area contributed by atoms with Crippen LogP contribution < -0.4 is 0 Å². The minimum atomic E-state index is -0.574. The highest BCUT2D eigenvalue weighted by atomic mass is 127. The zero-order chi connectivity index (χ0) is 48.5. The van der Waals surface area contributed by atoms with Gasteiger partial charge in [-0.15, -0.1) is 0 Å². The number of carbonyl (C=O) groups excluding carboxylic acids is 2. The molecule has 0 radical (unpaired) electrons. The molecule has 14 nitrogen and oxygen atoms in total. The molecule has 17 heteroatoms. The van der Waals surface area contributed by atoms with Gasteiger partial charge in [0.25, 0.3) is 0 Å². The fraction of sp³-hybridized carbons (Fsp3) is 0.510. The Hall–Kier alpha value is -3.85. The Morgan fingerprint density at radius 1 is 0.697 bits per heavy atom. The number of benzene rings is 2. The molecule has 3 aromatic heterocycles. The van der Waals surface area contributed by atoms with Crippen LogP contribution >= 0.6 is 56.8 Å². The maximum Gasteiger partial charge on any atom is 0.306 e. The molecule has 5 aromatic rings. The monoisotopic (exact) mass is 1160 g/mol. The molecule has 0 saturated carbocycles. The fourth-order valence-corrected chi connectivity index (χ4v) is 8.78. The fourth-order valence-electron chi connectivity index (χ4n) is 6.68.